The first-order valence-electron chi connectivity index (χ1n) is 6.80. The summed E-state index contributed by atoms with van der Waals surface area (Å²) in [6, 6.07) is 13.2. The Morgan fingerprint density at radius 1 is 1.15 bits per heavy atom. The third-order valence-corrected chi connectivity index (χ3v) is 3.79. The van der Waals surface area contributed by atoms with Gasteiger partial charge in [0.2, 0.25) is 0 Å². The molecule has 0 aliphatic carbocycles. The van der Waals surface area contributed by atoms with Crippen LogP contribution in [-0.4, -0.2) is 5.78 Å². The number of nitrogen functional groups attached to an aromatic ring is 1. The molecular formula is C17H18BrNO. The van der Waals surface area contributed by atoms with Gasteiger partial charge >= 0.3 is 0 Å². The lowest BCUT2D eigenvalue weighted by molar-refractivity contribution is 0.103. The maximum Gasteiger partial charge on any atom is 0.195 e. The molecule has 2 aromatic rings. The first-order valence-corrected chi connectivity index (χ1v) is 7.59. The Hall–Kier alpha value is -1.61. The van der Waals surface area contributed by atoms with E-state index in [9.17, 15) is 4.79 Å². The molecule has 0 aliphatic rings. The van der Waals surface area contributed by atoms with Gasteiger partial charge in [-0.3, -0.25) is 4.79 Å². The molecule has 0 aromatic heterocycles. The highest BCUT2D eigenvalue weighted by Crippen LogP contribution is 2.22. The van der Waals surface area contributed by atoms with E-state index in [0.717, 1.165) is 10.9 Å². The van der Waals surface area contributed by atoms with Crippen LogP contribution in [0.4, 0.5) is 5.69 Å². The maximum atomic E-state index is 12.4. The third-order valence-electron chi connectivity index (χ3n) is 3.30. The van der Waals surface area contributed by atoms with Crippen LogP contribution in [0.25, 0.3) is 0 Å². The number of hydrogen-bond donors (Lipinski definition) is 1. The number of aryl methyl sites for hydroxylation is 1. The van der Waals surface area contributed by atoms with Gasteiger partial charge in [0.1, 0.15) is 0 Å². The van der Waals surface area contributed by atoms with E-state index in [4.69, 9.17) is 5.73 Å². The zero-order valence-corrected chi connectivity index (χ0v) is 13.1. The Morgan fingerprint density at radius 2 is 1.85 bits per heavy atom. The normalized spacial score (nSPS) is 10.5. The summed E-state index contributed by atoms with van der Waals surface area (Å²) in [7, 11) is 0. The number of ketones is 1. The standard InChI is InChI=1S/C17H18BrNO/c1-2-3-4-12-5-7-13(8-6-12)17(20)15-11-14(18)9-10-16(15)19/h5-11H,2-4,19H2,1H3. The minimum absolute atomic E-state index is 0.0363. The highest BCUT2D eigenvalue weighted by molar-refractivity contribution is 9.10. The number of carbonyl (C=O) groups is 1. The van der Waals surface area contributed by atoms with E-state index in [2.05, 4.69) is 22.9 Å². The van der Waals surface area contributed by atoms with Gasteiger partial charge in [0.05, 0.1) is 0 Å². The highest BCUT2D eigenvalue weighted by atomic mass is 79.9. The van der Waals surface area contributed by atoms with E-state index >= 15 is 0 Å². The van der Waals surface area contributed by atoms with E-state index < -0.39 is 0 Å². The van der Waals surface area contributed by atoms with Crippen molar-refractivity contribution in [1.29, 1.82) is 0 Å². The topological polar surface area (TPSA) is 43.1 Å². The molecule has 2 N–H and O–H groups in total. The fourth-order valence-electron chi connectivity index (χ4n) is 2.08. The van der Waals surface area contributed by atoms with Gasteiger partial charge in [-0.1, -0.05) is 53.5 Å². The molecule has 0 aliphatic heterocycles. The molecule has 0 saturated heterocycles. The average Bonchev–Trinajstić information content (AvgIpc) is 2.47. The fraction of sp³-hybridized carbons (Fsp3) is 0.235. The quantitative estimate of drug-likeness (QED) is 0.642. The zero-order valence-electron chi connectivity index (χ0n) is 11.5. The van der Waals surface area contributed by atoms with E-state index in [0.29, 0.717) is 16.8 Å². The lowest BCUT2D eigenvalue weighted by Gasteiger charge is -2.07. The molecule has 0 spiro atoms. The Bertz CT molecular complexity index is 605. The zero-order chi connectivity index (χ0) is 14.5. The van der Waals surface area contributed by atoms with Crippen LogP contribution >= 0.6 is 15.9 Å². The van der Waals surface area contributed by atoms with Gasteiger partial charge in [-0.05, 0) is 36.6 Å². The molecule has 0 amide bonds. The van der Waals surface area contributed by atoms with Crippen LogP contribution in [-0.2, 0) is 6.42 Å². The van der Waals surface area contributed by atoms with Gasteiger partial charge in [0.25, 0.3) is 0 Å². The molecule has 0 unspecified atom stereocenters. The predicted molar refractivity (Wildman–Crippen MR) is 87.0 cm³/mol. The van der Waals surface area contributed by atoms with Crippen molar-refractivity contribution in [2.75, 3.05) is 5.73 Å². The second-order valence-corrected chi connectivity index (χ2v) is 5.78. The molecule has 0 heterocycles. The van der Waals surface area contributed by atoms with E-state index in [1.54, 1.807) is 12.1 Å². The molecule has 20 heavy (non-hydrogen) atoms. The Morgan fingerprint density at radius 3 is 2.50 bits per heavy atom. The summed E-state index contributed by atoms with van der Waals surface area (Å²) in [5.74, 6) is -0.0363. The van der Waals surface area contributed by atoms with Crippen molar-refractivity contribution < 1.29 is 4.79 Å². The molecule has 2 aromatic carbocycles. The third kappa shape index (κ3) is 3.48. The van der Waals surface area contributed by atoms with Crippen LogP contribution in [0.15, 0.2) is 46.9 Å². The average molecular weight is 332 g/mol. The number of nitrogens with two attached hydrogens (primary N) is 1. The minimum atomic E-state index is -0.0363. The number of hydrogen-bond acceptors (Lipinski definition) is 2. The second-order valence-electron chi connectivity index (χ2n) is 4.86. The van der Waals surface area contributed by atoms with Crippen molar-refractivity contribution in [3.63, 3.8) is 0 Å². The molecule has 0 fully saturated rings. The summed E-state index contributed by atoms with van der Waals surface area (Å²) >= 11 is 3.37. The fourth-order valence-corrected chi connectivity index (χ4v) is 2.45. The van der Waals surface area contributed by atoms with Crippen molar-refractivity contribution in [3.05, 3.63) is 63.6 Å². The number of halogens is 1. The number of anilines is 1. The Balaban J connectivity index is 2.22. The van der Waals surface area contributed by atoms with Gasteiger partial charge in [0.15, 0.2) is 5.78 Å². The molecule has 2 nitrogen and oxygen atoms in total. The summed E-state index contributed by atoms with van der Waals surface area (Å²) in [6.07, 6.45) is 3.41. The van der Waals surface area contributed by atoms with Crippen LogP contribution in [0.5, 0.6) is 0 Å². The smallest absolute Gasteiger partial charge is 0.195 e. The molecule has 104 valence electrons. The molecule has 0 radical (unpaired) electrons. The number of rotatable bonds is 5. The SMILES string of the molecule is CCCCc1ccc(C(=O)c2cc(Br)ccc2N)cc1. The van der Waals surface area contributed by atoms with E-state index in [1.165, 1.54) is 18.4 Å². The Kier molecular flexibility index (Phi) is 4.96. The van der Waals surface area contributed by atoms with E-state index in [1.807, 2.05) is 30.3 Å². The molecule has 0 bridgehead atoms. The molecule has 3 heteroatoms. The van der Waals surface area contributed by atoms with Gasteiger partial charge in [-0.25, -0.2) is 0 Å². The molecule has 2 rings (SSSR count). The van der Waals surface area contributed by atoms with Gasteiger partial charge in [-0.15, -0.1) is 0 Å². The summed E-state index contributed by atoms with van der Waals surface area (Å²) in [4.78, 5) is 12.4. The van der Waals surface area contributed by atoms with Crippen molar-refractivity contribution in [3.8, 4) is 0 Å². The second kappa shape index (κ2) is 6.71. The summed E-state index contributed by atoms with van der Waals surface area (Å²) < 4.78 is 0.856. The monoisotopic (exact) mass is 331 g/mol. The van der Waals surface area contributed by atoms with Crippen molar-refractivity contribution in [2.24, 2.45) is 0 Å². The summed E-state index contributed by atoms with van der Waals surface area (Å²) in [5.41, 5.74) is 8.88. The van der Waals surface area contributed by atoms with Gasteiger partial charge < -0.3 is 5.73 Å². The number of carbonyl (C=O) groups excluding carboxylic acids is 1. The highest BCUT2D eigenvalue weighted by Gasteiger charge is 2.12. The predicted octanol–water partition coefficient (Wildman–Crippen LogP) is 4.60. The maximum absolute atomic E-state index is 12.4. The number of unbranched alkanes of at least 4 members (excludes halogenated alkanes) is 1. The lowest BCUT2D eigenvalue weighted by Crippen LogP contribution is -2.05. The summed E-state index contributed by atoms with van der Waals surface area (Å²) in [6.45, 7) is 2.17. The van der Waals surface area contributed by atoms with Crippen molar-refractivity contribution in [1.82, 2.24) is 0 Å². The first kappa shape index (κ1) is 14.8. The van der Waals surface area contributed by atoms with Crippen LogP contribution < -0.4 is 5.73 Å². The largest absolute Gasteiger partial charge is 0.398 e. The molecule has 0 saturated carbocycles. The van der Waals surface area contributed by atoms with E-state index in [-0.39, 0.29) is 5.78 Å². The molecular weight excluding hydrogens is 314 g/mol. The van der Waals surface area contributed by atoms with Crippen LogP contribution in [0.3, 0.4) is 0 Å². The Labute approximate surface area is 128 Å². The number of benzene rings is 2. The molecule has 0 atom stereocenters. The first-order chi connectivity index (χ1) is 9.61. The van der Waals surface area contributed by atoms with Crippen molar-refractivity contribution >= 4 is 27.4 Å². The van der Waals surface area contributed by atoms with Gasteiger partial charge in [0, 0.05) is 21.3 Å². The van der Waals surface area contributed by atoms with Crippen LogP contribution in [0.2, 0.25) is 0 Å². The van der Waals surface area contributed by atoms with Crippen LogP contribution in [0.1, 0.15) is 41.3 Å². The van der Waals surface area contributed by atoms with Crippen molar-refractivity contribution in [2.45, 2.75) is 26.2 Å². The lowest BCUT2D eigenvalue weighted by atomic mass is 9.99. The van der Waals surface area contributed by atoms with Gasteiger partial charge in [-0.2, -0.15) is 0 Å². The summed E-state index contributed by atoms with van der Waals surface area (Å²) in [5, 5.41) is 0. The minimum Gasteiger partial charge on any atom is -0.398 e. The van der Waals surface area contributed by atoms with Crippen LogP contribution in [0, 0.1) is 0 Å².